The van der Waals surface area contributed by atoms with Crippen LogP contribution in [0.15, 0.2) is 28.7 Å². The number of halogens is 1. The number of piperidine rings is 1. The van der Waals surface area contributed by atoms with E-state index in [-0.39, 0.29) is 11.7 Å². The van der Waals surface area contributed by atoms with Gasteiger partial charge < -0.3 is 14.4 Å². The Labute approximate surface area is 146 Å². The molecule has 5 heteroatoms. The van der Waals surface area contributed by atoms with Crippen molar-refractivity contribution in [3.8, 4) is 0 Å². The maximum atomic E-state index is 12.2. The Bertz CT molecular complexity index is 571. The Morgan fingerprint density at radius 2 is 1.87 bits per heavy atom. The summed E-state index contributed by atoms with van der Waals surface area (Å²) in [4.78, 5) is 14.0. The van der Waals surface area contributed by atoms with Crippen molar-refractivity contribution < 1.29 is 14.3 Å². The van der Waals surface area contributed by atoms with E-state index in [0.717, 1.165) is 23.9 Å². The predicted octanol–water partition coefficient (Wildman–Crippen LogP) is 4.33. The Kier molecular flexibility index (Phi) is 4.45. The van der Waals surface area contributed by atoms with Gasteiger partial charge in [0.25, 0.3) is 0 Å². The highest BCUT2D eigenvalue weighted by Gasteiger charge is 2.51. The van der Waals surface area contributed by atoms with Crippen molar-refractivity contribution in [2.45, 2.75) is 50.7 Å². The monoisotopic (exact) mass is 381 g/mol. The van der Waals surface area contributed by atoms with Gasteiger partial charge >= 0.3 is 6.09 Å². The van der Waals surface area contributed by atoms with Crippen LogP contribution in [0.4, 0.5) is 4.79 Å². The standard InChI is InChI=1S/C18H24BrNO3/c1-17(2,3)23-16(21)20-10-8-18(9-11-20)15(12-22-18)13-4-6-14(19)7-5-13/h4-7,15H,8-12H2,1-3H3. The number of amides is 1. The van der Waals surface area contributed by atoms with Crippen molar-refractivity contribution in [2.24, 2.45) is 0 Å². The third kappa shape index (κ3) is 3.56. The molecule has 2 aliphatic rings. The summed E-state index contributed by atoms with van der Waals surface area (Å²) < 4.78 is 12.6. The topological polar surface area (TPSA) is 38.8 Å². The van der Waals surface area contributed by atoms with Crippen LogP contribution in [0.2, 0.25) is 0 Å². The molecule has 1 amide bonds. The van der Waals surface area contributed by atoms with Crippen molar-refractivity contribution in [1.29, 1.82) is 0 Å². The first kappa shape index (κ1) is 16.8. The second-order valence-corrected chi connectivity index (χ2v) is 8.36. The maximum Gasteiger partial charge on any atom is 0.410 e. The molecule has 1 spiro atoms. The van der Waals surface area contributed by atoms with Crippen molar-refractivity contribution in [3.05, 3.63) is 34.3 Å². The Morgan fingerprint density at radius 1 is 1.26 bits per heavy atom. The summed E-state index contributed by atoms with van der Waals surface area (Å²) in [5.41, 5.74) is 0.774. The van der Waals surface area contributed by atoms with Gasteiger partial charge in [-0.3, -0.25) is 0 Å². The molecule has 0 bridgehead atoms. The summed E-state index contributed by atoms with van der Waals surface area (Å²) in [6.45, 7) is 7.86. The van der Waals surface area contributed by atoms with E-state index in [1.54, 1.807) is 4.90 Å². The molecule has 0 aromatic heterocycles. The third-order valence-electron chi connectivity index (χ3n) is 4.71. The fourth-order valence-corrected chi connectivity index (χ4v) is 3.65. The number of likely N-dealkylation sites (tertiary alicyclic amines) is 1. The van der Waals surface area contributed by atoms with Gasteiger partial charge in [-0.05, 0) is 51.3 Å². The van der Waals surface area contributed by atoms with Crippen LogP contribution < -0.4 is 0 Å². The molecule has 126 valence electrons. The molecule has 1 aromatic carbocycles. The molecule has 0 saturated carbocycles. The van der Waals surface area contributed by atoms with Gasteiger partial charge in [0.05, 0.1) is 12.2 Å². The molecule has 2 heterocycles. The molecule has 23 heavy (non-hydrogen) atoms. The molecular formula is C18H24BrNO3. The second-order valence-electron chi connectivity index (χ2n) is 7.45. The number of nitrogens with zero attached hydrogens (tertiary/aromatic N) is 1. The Hall–Kier alpha value is -1.07. The van der Waals surface area contributed by atoms with Crippen LogP contribution in [0.1, 0.15) is 45.1 Å². The number of benzene rings is 1. The Morgan fingerprint density at radius 3 is 2.35 bits per heavy atom. The van der Waals surface area contributed by atoms with E-state index in [1.807, 2.05) is 20.8 Å². The molecule has 1 unspecified atom stereocenters. The largest absolute Gasteiger partial charge is 0.444 e. The van der Waals surface area contributed by atoms with Crippen LogP contribution in [0.25, 0.3) is 0 Å². The molecular weight excluding hydrogens is 358 g/mol. The van der Waals surface area contributed by atoms with Crippen molar-refractivity contribution in [3.63, 3.8) is 0 Å². The van der Waals surface area contributed by atoms with Gasteiger partial charge in [-0.15, -0.1) is 0 Å². The van der Waals surface area contributed by atoms with Crippen LogP contribution in [0, 0.1) is 0 Å². The summed E-state index contributed by atoms with van der Waals surface area (Å²) in [5, 5.41) is 0. The predicted molar refractivity (Wildman–Crippen MR) is 92.6 cm³/mol. The van der Waals surface area contributed by atoms with Crippen molar-refractivity contribution in [2.75, 3.05) is 19.7 Å². The summed E-state index contributed by atoms with van der Waals surface area (Å²) >= 11 is 3.48. The minimum atomic E-state index is -0.445. The summed E-state index contributed by atoms with van der Waals surface area (Å²) in [5.74, 6) is 0.427. The van der Waals surface area contributed by atoms with E-state index in [1.165, 1.54) is 5.56 Å². The first-order valence-corrected chi connectivity index (χ1v) is 8.96. The fraction of sp³-hybridized carbons (Fsp3) is 0.611. The van der Waals surface area contributed by atoms with Crippen molar-refractivity contribution in [1.82, 2.24) is 4.90 Å². The number of ether oxygens (including phenoxy) is 2. The molecule has 4 nitrogen and oxygen atoms in total. The highest BCUT2D eigenvalue weighted by molar-refractivity contribution is 9.10. The van der Waals surface area contributed by atoms with Crippen LogP contribution in [-0.2, 0) is 9.47 Å². The van der Waals surface area contributed by atoms with Crippen LogP contribution >= 0.6 is 15.9 Å². The zero-order valence-electron chi connectivity index (χ0n) is 14.0. The normalized spacial score (nSPS) is 23.5. The molecule has 2 aliphatic heterocycles. The smallest absolute Gasteiger partial charge is 0.410 e. The minimum Gasteiger partial charge on any atom is -0.444 e. The third-order valence-corrected chi connectivity index (χ3v) is 5.24. The highest BCUT2D eigenvalue weighted by Crippen LogP contribution is 2.47. The second kappa shape index (κ2) is 6.10. The maximum absolute atomic E-state index is 12.2. The number of carbonyl (C=O) groups excluding carboxylic acids is 1. The quantitative estimate of drug-likeness (QED) is 0.726. The summed E-state index contributed by atoms with van der Waals surface area (Å²) in [7, 11) is 0. The zero-order chi connectivity index (χ0) is 16.7. The van der Waals surface area contributed by atoms with Crippen molar-refractivity contribution >= 4 is 22.0 Å². The van der Waals surface area contributed by atoms with Gasteiger partial charge in [-0.1, -0.05) is 28.1 Å². The number of rotatable bonds is 1. The highest BCUT2D eigenvalue weighted by atomic mass is 79.9. The Balaban J connectivity index is 1.62. The average molecular weight is 382 g/mol. The van der Waals surface area contributed by atoms with Crippen LogP contribution in [0.3, 0.4) is 0 Å². The number of carbonyl (C=O) groups is 1. The number of hydrogen-bond donors (Lipinski definition) is 0. The molecule has 1 atom stereocenters. The van der Waals surface area contributed by atoms with E-state index in [4.69, 9.17) is 9.47 Å². The lowest BCUT2D eigenvalue weighted by Crippen LogP contribution is -2.58. The first-order chi connectivity index (χ1) is 10.8. The van der Waals surface area contributed by atoms with E-state index in [2.05, 4.69) is 40.2 Å². The van der Waals surface area contributed by atoms with E-state index < -0.39 is 5.60 Å². The zero-order valence-corrected chi connectivity index (χ0v) is 15.6. The molecule has 2 saturated heterocycles. The van der Waals surface area contributed by atoms with Gasteiger partial charge in [-0.2, -0.15) is 0 Å². The van der Waals surface area contributed by atoms with Gasteiger partial charge in [-0.25, -0.2) is 4.79 Å². The number of hydrogen-bond acceptors (Lipinski definition) is 3. The van der Waals surface area contributed by atoms with Gasteiger partial charge in [0, 0.05) is 23.5 Å². The lowest BCUT2D eigenvalue weighted by Gasteiger charge is -2.53. The molecule has 1 aromatic rings. The van der Waals surface area contributed by atoms with Gasteiger partial charge in [0.2, 0.25) is 0 Å². The first-order valence-electron chi connectivity index (χ1n) is 8.16. The van der Waals surface area contributed by atoms with Crippen LogP contribution in [0.5, 0.6) is 0 Å². The minimum absolute atomic E-state index is 0.105. The molecule has 0 aliphatic carbocycles. The van der Waals surface area contributed by atoms with Crippen LogP contribution in [-0.4, -0.2) is 41.9 Å². The van der Waals surface area contributed by atoms with Gasteiger partial charge in [0.1, 0.15) is 5.60 Å². The molecule has 3 rings (SSSR count). The summed E-state index contributed by atoms with van der Waals surface area (Å²) in [6.07, 6.45) is 1.52. The average Bonchev–Trinajstić information content (AvgIpc) is 2.47. The van der Waals surface area contributed by atoms with Gasteiger partial charge in [0.15, 0.2) is 0 Å². The lowest BCUT2D eigenvalue weighted by molar-refractivity contribution is -0.192. The molecule has 0 radical (unpaired) electrons. The SMILES string of the molecule is CC(C)(C)OC(=O)N1CCC2(CC1)OCC2c1ccc(Br)cc1. The van der Waals surface area contributed by atoms with E-state index in [9.17, 15) is 4.79 Å². The molecule has 0 N–H and O–H groups in total. The van der Waals surface area contributed by atoms with E-state index >= 15 is 0 Å². The van der Waals surface area contributed by atoms with E-state index in [0.29, 0.717) is 19.0 Å². The lowest BCUT2D eigenvalue weighted by atomic mass is 9.72. The molecule has 2 fully saturated rings. The fourth-order valence-electron chi connectivity index (χ4n) is 3.38. The summed E-state index contributed by atoms with van der Waals surface area (Å²) in [6, 6.07) is 8.49.